The van der Waals surface area contributed by atoms with E-state index in [1.807, 2.05) is 101 Å². The Morgan fingerprint density at radius 1 is 0.949 bits per heavy atom. The zero-order chi connectivity index (χ0) is 41.3. The third-order valence-corrected chi connectivity index (χ3v) is 12.6. The number of aromatic nitrogens is 2. The molecule has 5 aromatic rings. The van der Waals surface area contributed by atoms with E-state index in [9.17, 15) is 14.4 Å². The zero-order valence-corrected chi connectivity index (χ0v) is 35.5. The Morgan fingerprint density at radius 2 is 1.75 bits per heavy atom. The van der Waals surface area contributed by atoms with Crippen LogP contribution in [0.25, 0.3) is 21.3 Å². The van der Waals surface area contributed by atoms with Gasteiger partial charge in [0.2, 0.25) is 0 Å². The van der Waals surface area contributed by atoms with Crippen molar-refractivity contribution in [3.05, 3.63) is 101 Å². The number of esters is 2. The van der Waals surface area contributed by atoms with Crippen LogP contribution < -0.4 is 15.0 Å². The summed E-state index contributed by atoms with van der Waals surface area (Å²) in [5, 5.41) is 3.58. The van der Waals surface area contributed by atoms with Crippen LogP contribution in [0.1, 0.15) is 90.9 Å². The van der Waals surface area contributed by atoms with Gasteiger partial charge in [-0.2, -0.15) is 0 Å². The molecule has 1 amide bonds. The summed E-state index contributed by atoms with van der Waals surface area (Å²) in [5.74, 6) is 1.28. The van der Waals surface area contributed by atoms with E-state index in [0.29, 0.717) is 66.3 Å². The second-order valence-electron chi connectivity index (χ2n) is 17.3. The highest BCUT2D eigenvalue weighted by atomic mass is 32.1. The highest BCUT2D eigenvalue weighted by Gasteiger charge is 2.52. The minimum absolute atomic E-state index is 0.131. The van der Waals surface area contributed by atoms with Crippen molar-refractivity contribution in [2.75, 3.05) is 49.6 Å². The number of ether oxygens (including phenoxy) is 3. The molecule has 59 heavy (non-hydrogen) atoms. The van der Waals surface area contributed by atoms with Crippen molar-refractivity contribution in [2.24, 2.45) is 11.3 Å². The molecule has 1 aliphatic carbocycles. The van der Waals surface area contributed by atoms with Crippen molar-refractivity contribution in [1.29, 1.82) is 0 Å². The van der Waals surface area contributed by atoms with Crippen molar-refractivity contribution in [1.82, 2.24) is 14.9 Å². The topological polar surface area (TPSA) is 123 Å². The van der Waals surface area contributed by atoms with E-state index in [-0.39, 0.29) is 17.6 Å². The van der Waals surface area contributed by atoms with Crippen LogP contribution in [-0.4, -0.2) is 77.7 Å². The molecule has 3 aromatic carbocycles. The quantitative estimate of drug-likeness (QED) is 0.0911. The molecule has 1 spiro atoms. The Labute approximate surface area is 350 Å². The fraction of sp³-hybridized carbons (Fsp3) is 0.426. The molecule has 2 fully saturated rings. The summed E-state index contributed by atoms with van der Waals surface area (Å²) in [7, 11) is 0. The molecule has 0 unspecified atom stereocenters. The van der Waals surface area contributed by atoms with Crippen molar-refractivity contribution < 1.29 is 28.6 Å². The number of amides is 1. The lowest BCUT2D eigenvalue weighted by Gasteiger charge is -2.59. The first-order chi connectivity index (χ1) is 28.4. The summed E-state index contributed by atoms with van der Waals surface area (Å²) in [4.78, 5) is 53.4. The molecule has 1 N–H and O–H groups in total. The number of hydrogen-bond acceptors (Lipinski definition) is 11. The maximum absolute atomic E-state index is 13.9. The van der Waals surface area contributed by atoms with Crippen LogP contribution in [0.15, 0.2) is 72.8 Å². The van der Waals surface area contributed by atoms with Gasteiger partial charge in [-0.05, 0) is 137 Å². The van der Waals surface area contributed by atoms with E-state index in [1.165, 1.54) is 24.2 Å². The number of nitrogens with zero attached hydrogens (tertiary/aromatic N) is 4. The van der Waals surface area contributed by atoms with Gasteiger partial charge in [-0.15, -0.1) is 0 Å². The third kappa shape index (κ3) is 8.99. The predicted molar refractivity (Wildman–Crippen MR) is 231 cm³/mol. The summed E-state index contributed by atoms with van der Waals surface area (Å²) < 4.78 is 18.4. The molecule has 2 aromatic heterocycles. The standard InChI is InChI=1S/C47H53N5O6S/c1-6-56-41(53)27-51-28-47(29-51)24-31(25-47)12-11-23-57-38-17-10-14-33(30(38)2)34-19-20-40(49-42(34)44(55)58-46(3,4)5)52-22-21-32-13-9-15-35(36(32)26-52)43(54)50-45-48-37-16-7-8-18-39(37)59-45/h7-10,13-20,31H,6,11-12,21-29H2,1-5H3,(H,48,50,54). The second-order valence-corrected chi connectivity index (χ2v) is 18.3. The Balaban J connectivity index is 0.946. The van der Waals surface area contributed by atoms with Crippen LogP contribution in [0.5, 0.6) is 5.75 Å². The molecule has 0 radical (unpaired) electrons. The van der Waals surface area contributed by atoms with E-state index in [1.54, 1.807) is 0 Å². The lowest BCUT2D eigenvalue weighted by atomic mass is 9.57. The van der Waals surface area contributed by atoms with Gasteiger partial charge in [-0.3, -0.25) is 19.8 Å². The van der Waals surface area contributed by atoms with Crippen molar-refractivity contribution in [3.63, 3.8) is 0 Å². The van der Waals surface area contributed by atoms with Crippen molar-refractivity contribution in [3.8, 4) is 16.9 Å². The maximum Gasteiger partial charge on any atom is 0.358 e. The number of rotatable bonds is 13. The fourth-order valence-corrected chi connectivity index (χ4v) is 9.91. The van der Waals surface area contributed by atoms with E-state index in [2.05, 4.69) is 26.2 Å². The molecular formula is C47H53N5O6S. The zero-order valence-electron chi connectivity index (χ0n) is 34.6. The number of nitrogens with one attached hydrogen (secondary N) is 1. The molecule has 1 saturated heterocycles. The Hall–Kier alpha value is -5.33. The van der Waals surface area contributed by atoms with E-state index < -0.39 is 11.6 Å². The SMILES string of the molecule is CCOC(=O)CN1CC2(CC(CCCOc3cccc(-c4ccc(N5CCc6cccc(C(=O)Nc7nc8ccccc8s7)c6C5)nc4C(=O)OC(C)(C)C)c3C)C2)C1. The maximum atomic E-state index is 13.9. The number of likely N-dealkylation sites (tertiary alicyclic amines) is 1. The predicted octanol–water partition coefficient (Wildman–Crippen LogP) is 8.87. The van der Waals surface area contributed by atoms with Gasteiger partial charge in [0.1, 0.15) is 17.2 Å². The number of benzene rings is 3. The van der Waals surface area contributed by atoms with Gasteiger partial charge in [0.15, 0.2) is 10.8 Å². The Bertz CT molecular complexity index is 2340. The lowest BCUT2D eigenvalue weighted by Crippen LogP contribution is -2.63. The molecule has 1 saturated carbocycles. The molecule has 0 atom stereocenters. The third-order valence-electron chi connectivity index (χ3n) is 11.6. The molecule has 0 bridgehead atoms. The minimum Gasteiger partial charge on any atom is -0.493 e. The molecule has 11 nitrogen and oxygen atoms in total. The number of pyridine rings is 1. The second kappa shape index (κ2) is 16.7. The largest absolute Gasteiger partial charge is 0.493 e. The highest BCUT2D eigenvalue weighted by molar-refractivity contribution is 7.22. The van der Waals surface area contributed by atoms with Crippen LogP contribution in [0, 0.1) is 18.3 Å². The van der Waals surface area contributed by atoms with Crippen LogP contribution in [0.2, 0.25) is 0 Å². The van der Waals surface area contributed by atoms with Gasteiger partial charge < -0.3 is 19.1 Å². The van der Waals surface area contributed by atoms with Crippen molar-refractivity contribution in [2.45, 2.75) is 78.9 Å². The average molecular weight is 816 g/mol. The number of thiazole rings is 1. The number of fused-ring (bicyclic) bond motifs is 2. The normalized spacial score (nSPS) is 16.3. The first kappa shape index (κ1) is 40.4. The number of anilines is 2. The van der Waals surface area contributed by atoms with Gasteiger partial charge in [0.25, 0.3) is 5.91 Å². The van der Waals surface area contributed by atoms with Gasteiger partial charge >= 0.3 is 11.9 Å². The van der Waals surface area contributed by atoms with E-state index in [4.69, 9.17) is 19.2 Å². The number of carbonyl (C=O) groups is 3. The average Bonchev–Trinajstić information content (AvgIpc) is 3.59. The summed E-state index contributed by atoms with van der Waals surface area (Å²) in [6.45, 7) is 14.0. The van der Waals surface area contributed by atoms with Gasteiger partial charge in [-0.1, -0.05) is 47.7 Å². The first-order valence-corrected chi connectivity index (χ1v) is 21.6. The van der Waals surface area contributed by atoms with Crippen LogP contribution in [0.3, 0.4) is 0 Å². The van der Waals surface area contributed by atoms with E-state index >= 15 is 0 Å². The fourth-order valence-electron chi connectivity index (χ4n) is 9.05. The summed E-state index contributed by atoms with van der Waals surface area (Å²) >= 11 is 1.45. The van der Waals surface area contributed by atoms with E-state index in [0.717, 1.165) is 70.6 Å². The van der Waals surface area contributed by atoms with Crippen molar-refractivity contribution >= 4 is 50.3 Å². The monoisotopic (exact) mass is 815 g/mol. The Morgan fingerprint density at radius 3 is 2.53 bits per heavy atom. The molecule has 2 aliphatic heterocycles. The first-order valence-electron chi connectivity index (χ1n) is 20.7. The highest BCUT2D eigenvalue weighted by Crippen LogP contribution is 2.53. The molecule has 8 rings (SSSR count). The van der Waals surface area contributed by atoms with Crippen LogP contribution in [-0.2, 0) is 27.2 Å². The molecule has 4 heterocycles. The smallest absolute Gasteiger partial charge is 0.358 e. The lowest BCUT2D eigenvalue weighted by molar-refractivity contribution is -0.153. The number of para-hydroxylation sites is 1. The van der Waals surface area contributed by atoms with Crippen LogP contribution in [0.4, 0.5) is 10.9 Å². The molecular weight excluding hydrogens is 763 g/mol. The Kier molecular flexibility index (Phi) is 11.5. The molecule has 308 valence electrons. The van der Waals surface area contributed by atoms with Gasteiger partial charge in [-0.25, -0.2) is 14.8 Å². The minimum atomic E-state index is -0.720. The number of carbonyl (C=O) groups excluding carboxylic acids is 3. The number of hydrogen-bond donors (Lipinski definition) is 1. The summed E-state index contributed by atoms with van der Waals surface area (Å²) in [6.07, 6.45) is 5.22. The van der Waals surface area contributed by atoms with Crippen LogP contribution >= 0.6 is 11.3 Å². The summed E-state index contributed by atoms with van der Waals surface area (Å²) in [6, 6.07) is 23.5. The van der Waals surface area contributed by atoms with Gasteiger partial charge in [0.05, 0.1) is 30.0 Å². The molecule has 12 heteroatoms. The molecule has 3 aliphatic rings. The summed E-state index contributed by atoms with van der Waals surface area (Å²) in [5.41, 5.74) is 5.86. The van der Waals surface area contributed by atoms with Gasteiger partial charge in [0, 0.05) is 37.3 Å².